The van der Waals surface area contributed by atoms with Crippen LogP contribution in [0.15, 0.2) is 63.0 Å². The summed E-state index contributed by atoms with van der Waals surface area (Å²) in [6.45, 7) is 1.87. The number of sulfonamides is 1. The Morgan fingerprint density at radius 1 is 1.27 bits per heavy atom. The van der Waals surface area contributed by atoms with E-state index in [0.717, 1.165) is 16.5 Å². The molecular weight excluding hydrogens is 424 g/mol. The van der Waals surface area contributed by atoms with E-state index < -0.39 is 10.0 Å². The molecular formula is C20H20N4O4S2. The number of furan rings is 1. The Bertz CT molecular complexity index is 1320. The third-order valence-electron chi connectivity index (χ3n) is 4.72. The summed E-state index contributed by atoms with van der Waals surface area (Å²) in [5.41, 5.74) is 2.03. The lowest BCUT2D eigenvalue weighted by Gasteiger charge is -2.11. The highest BCUT2D eigenvalue weighted by Gasteiger charge is 2.17. The molecule has 0 saturated carbocycles. The van der Waals surface area contributed by atoms with Crippen molar-refractivity contribution >= 4 is 49.7 Å². The average molecular weight is 445 g/mol. The number of rotatable bonds is 6. The number of nitrogens with zero attached hydrogens (tertiary/aromatic N) is 2. The first-order chi connectivity index (χ1) is 14.2. The number of thioether (sulfide) groups is 1. The molecule has 0 fully saturated rings. The molecule has 8 nitrogen and oxygen atoms in total. The maximum Gasteiger partial charge on any atom is 0.238 e. The van der Waals surface area contributed by atoms with Crippen LogP contribution < -0.4 is 10.5 Å². The molecule has 1 amide bonds. The van der Waals surface area contributed by atoms with E-state index in [1.807, 2.05) is 48.9 Å². The van der Waals surface area contributed by atoms with Gasteiger partial charge >= 0.3 is 0 Å². The van der Waals surface area contributed by atoms with Crippen LogP contribution in [0.25, 0.3) is 22.0 Å². The van der Waals surface area contributed by atoms with Crippen molar-refractivity contribution in [1.82, 2.24) is 14.9 Å². The Morgan fingerprint density at radius 3 is 2.77 bits per heavy atom. The number of aromatic nitrogens is 2. The maximum absolute atomic E-state index is 12.4. The van der Waals surface area contributed by atoms with Gasteiger partial charge in [0.1, 0.15) is 11.3 Å². The Labute approximate surface area is 177 Å². The van der Waals surface area contributed by atoms with Gasteiger partial charge in [0.25, 0.3) is 0 Å². The Morgan fingerprint density at radius 2 is 2.03 bits per heavy atom. The van der Waals surface area contributed by atoms with Crippen LogP contribution in [0.2, 0.25) is 0 Å². The Kier molecular flexibility index (Phi) is 5.31. The van der Waals surface area contributed by atoms with Gasteiger partial charge in [-0.3, -0.25) is 4.79 Å². The summed E-state index contributed by atoms with van der Waals surface area (Å²) in [4.78, 5) is 16.9. The van der Waals surface area contributed by atoms with Gasteiger partial charge in [-0.05, 0) is 37.3 Å². The second kappa shape index (κ2) is 7.78. The zero-order valence-electron chi connectivity index (χ0n) is 16.3. The number of hydrogen-bond donors (Lipinski definition) is 2. The van der Waals surface area contributed by atoms with Crippen molar-refractivity contribution in [3.05, 3.63) is 54.3 Å². The number of nitrogens with two attached hydrogens (primary N) is 1. The van der Waals surface area contributed by atoms with E-state index in [4.69, 9.17) is 9.56 Å². The molecule has 10 heteroatoms. The molecule has 0 aliphatic rings. The van der Waals surface area contributed by atoms with Crippen LogP contribution in [0.5, 0.6) is 0 Å². The number of fused-ring (bicyclic) bond motifs is 2. The van der Waals surface area contributed by atoms with Crippen LogP contribution in [0.4, 0.5) is 0 Å². The molecule has 4 aromatic rings. The van der Waals surface area contributed by atoms with Gasteiger partial charge in [0.2, 0.25) is 15.9 Å². The van der Waals surface area contributed by atoms with E-state index in [1.165, 1.54) is 23.9 Å². The van der Waals surface area contributed by atoms with Crippen LogP contribution in [0, 0.1) is 0 Å². The van der Waals surface area contributed by atoms with Crippen molar-refractivity contribution in [3.63, 3.8) is 0 Å². The number of imidazole rings is 1. The molecule has 0 unspecified atom stereocenters. The second-order valence-electron chi connectivity index (χ2n) is 6.91. The minimum absolute atomic E-state index is 0.00190. The summed E-state index contributed by atoms with van der Waals surface area (Å²) in [5.74, 6) is 0.682. The van der Waals surface area contributed by atoms with Gasteiger partial charge < -0.3 is 14.3 Å². The van der Waals surface area contributed by atoms with Gasteiger partial charge in [-0.2, -0.15) is 0 Å². The highest BCUT2D eigenvalue weighted by atomic mass is 32.2. The number of aryl methyl sites for hydroxylation is 1. The predicted octanol–water partition coefficient (Wildman–Crippen LogP) is 2.94. The van der Waals surface area contributed by atoms with E-state index in [9.17, 15) is 13.2 Å². The van der Waals surface area contributed by atoms with Crippen LogP contribution in [0.1, 0.15) is 18.7 Å². The smallest absolute Gasteiger partial charge is 0.238 e. The lowest BCUT2D eigenvalue weighted by atomic mass is 10.2. The molecule has 0 bridgehead atoms. The van der Waals surface area contributed by atoms with E-state index in [-0.39, 0.29) is 22.6 Å². The fraction of sp³-hybridized carbons (Fsp3) is 0.200. The van der Waals surface area contributed by atoms with Crippen molar-refractivity contribution in [3.8, 4) is 0 Å². The summed E-state index contributed by atoms with van der Waals surface area (Å²) >= 11 is 1.26. The van der Waals surface area contributed by atoms with Gasteiger partial charge in [-0.1, -0.05) is 30.0 Å². The summed E-state index contributed by atoms with van der Waals surface area (Å²) in [7, 11) is -1.99. The minimum Gasteiger partial charge on any atom is -0.459 e. The van der Waals surface area contributed by atoms with E-state index in [2.05, 4.69) is 10.3 Å². The predicted molar refractivity (Wildman–Crippen MR) is 116 cm³/mol. The molecule has 0 saturated heterocycles. The first kappa shape index (κ1) is 20.5. The number of amides is 1. The fourth-order valence-electron chi connectivity index (χ4n) is 3.16. The highest BCUT2D eigenvalue weighted by molar-refractivity contribution is 7.99. The van der Waals surface area contributed by atoms with Gasteiger partial charge in [-0.15, -0.1) is 0 Å². The molecule has 2 aromatic heterocycles. The van der Waals surface area contributed by atoms with Crippen molar-refractivity contribution in [2.75, 3.05) is 5.75 Å². The summed E-state index contributed by atoms with van der Waals surface area (Å²) in [6, 6.07) is 13.8. The molecule has 0 radical (unpaired) electrons. The molecule has 0 aliphatic carbocycles. The summed E-state index contributed by atoms with van der Waals surface area (Å²) in [6.07, 6.45) is 0. The Balaban J connectivity index is 1.44. The van der Waals surface area contributed by atoms with Gasteiger partial charge in [-0.25, -0.2) is 18.5 Å². The third-order valence-corrected chi connectivity index (χ3v) is 6.66. The molecule has 2 heterocycles. The van der Waals surface area contributed by atoms with Crippen molar-refractivity contribution < 1.29 is 17.6 Å². The van der Waals surface area contributed by atoms with Crippen LogP contribution >= 0.6 is 11.8 Å². The average Bonchev–Trinajstić information content (AvgIpc) is 3.27. The SMILES string of the molecule is C[C@@H](NC(=O)CSc1nc2cc(S(N)(=O)=O)ccc2n1C)c1cc2ccccc2o1. The van der Waals surface area contributed by atoms with Crippen molar-refractivity contribution in [2.24, 2.45) is 12.2 Å². The maximum atomic E-state index is 12.4. The topological polar surface area (TPSA) is 120 Å². The van der Waals surface area contributed by atoms with E-state index in [1.54, 1.807) is 6.07 Å². The zero-order chi connectivity index (χ0) is 21.5. The molecule has 30 heavy (non-hydrogen) atoms. The molecule has 4 rings (SSSR count). The monoisotopic (exact) mass is 444 g/mol. The first-order valence-corrected chi connectivity index (χ1v) is 11.7. The standard InChI is InChI=1S/C20H20N4O4S2/c1-12(18-9-13-5-3-4-6-17(13)28-18)22-19(25)11-29-20-23-15-10-14(30(21,26)27)7-8-16(15)24(20)2/h3-10,12H,11H2,1-2H3,(H,22,25)(H2,21,26,27)/t12-/m1/s1. The second-order valence-corrected chi connectivity index (χ2v) is 9.42. The fourth-order valence-corrected chi connectivity index (χ4v) is 4.50. The highest BCUT2D eigenvalue weighted by Crippen LogP contribution is 2.26. The molecule has 3 N–H and O–H groups in total. The van der Waals surface area contributed by atoms with Crippen molar-refractivity contribution in [2.45, 2.75) is 23.0 Å². The Hall–Kier alpha value is -2.82. The molecule has 156 valence electrons. The number of primary sulfonamides is 1. The lowest BCUT2D eigenvalue weighted by molar-refractivity contribution is -0.119. The quantitative estimate of drug-likeness (QED) is 0.441. The third kappa shape index (κ3) is 4.07. The lowest BCUT2D eigenvalue weighted by Crippen LogP contribution is -2.28. The zero-order valence-corrected chi connectivity index (χ0v) is 18.0. The van der Waals surface area contributed by atoms with Gasteiger partial charge in [0.05, 0.1) is 27.7 Å². The molecule has 1 atom stereocenters. The van der Waals surface area contributed by atoms with E-state index in [0.29, 0.717) is 16.4 Å². The van der Waals surface area contributed by atoms with Crippen LogP contribution in [-0.4, -0.2) is 29.6 Å². The van der Waals surface area contributed by atoms with Gasteiger partial charge in [0.15, 0.2) is 5.16 Å². The number of benzene rings is 2. The number of nitrogens with one attached hydrogen (secondary N) is 1. The number of carbonyl (C=O) groups excluding carboxylic acids is 1. The summed E-state index contributed by atoms with van der Waals surface area (Å²) in [5, 5.41) is 9.69. The normalized spacial score (nSPS) is 13.0. The first-order valence-electron chi connectivity index (χ1n) is 9.12. The number of para-hydroxylation sites is 1. The number of hydrogen-bond acceptors (Lipinski definition) is 6. The van der Waals surface area contributed by atoms with Crippen LogP contribution in [-0.2, 0) is 21.9 Å². The van der Waals surface area contributed by atoms with Crippen molar-refractivity contribution in [1.29, 1.82) is 0 Å². The molecule has 2 aromatic carbocycles. The van der Waals surface area contributed by atoms with Gasteiger partial charge in [0, 0.05) is 12.4 Å². The molecule has 0 spiro atoms. The van der Waals surface area contributed by atoms with Crippen LogP contribution in [0.3, 0.4) is 0 Å². The van der Waals surface area contributed by atoms with E-state index >= 15 is 0 Å². The molecule has 0 aliphatic heterocycles. The largest absolute Gasteiger partial charge is 0.459 e. The summed E-state index contributed by atoms with van der Waals surface area (Å²) < 4.78 is 30.7. The minimum atomic E-state index is -3.80. The number of carbonyl (C=O) groups is 1.